The molecule has 3 rings (SSSR count). The third-order valence-corrected chi connectivity index (χ3v) is 7.95. The van der Waals surface area contributed by atoms with Gasteiger partial charge in [0.2, 0.25) is 10.0 Å². The van der Waals surface area contributed by atoms with Gasteiger partial charge in [0, 0.05) is 26.2 Å². The Kier molecular flexibility index (Phi) is 7.52. The maximum atomic E-state index is 13.1. The SMILES string of the molecule is Cc1ccc(C(=O)OC(C)C(=O)N2CCCCCC2)cc1S(=O)(=O)N1CCCCC1. The number of likely N-dealkylation sites (tertiary alicyclic amines) is 1. The van der Waals surface area contributed by atoms with E-state index in [2.05, 4.69) is 0 Å². The quantitative estimate of drug-likeness (QED) is 0.662. The molecule has 2 heterocycles. The van der Waals surface area contributed by atoms with Crippen LogP contribution in [0.4, 0.5) is 0 Å². The molecule has 2 aliphatic heterocycles. The van der Waals surface area contributed by atoms with Crippen LogP contribution in [0.2, 0.25) is 0 Å². The third-order valence-electron chi connectivity index (χ3n) is 5.91. The van der Waals surface area contributed by atoms with Crippen molar-refractivity contribution in [2.75, 3.05) is 26.2 Å². The average Bonchev–Trinajstić information content (AvgIpc) is 3.03. The van der Waals surface area contributed by atoms with Crippen LogP contribution in [0.5, 0.6) is 0 Å². The molecule has 0 aromatic heterocycles. The fourth-order valence-electron chi connectivity index (χ4n) is 4.08. The molecule has 30 heavy (non-hydrogen) atoms. The number of nitrogens with zero attached hydrogens (tertiary/aromatic N) is 2. The molecule has 166 valence electrons. The summed E-state index contributed by atoms with van der Waals surface area (Å²) in [6.45, 7) is 5.66. The van der Waals surface area contributed by atoms with E-state index in [4.69, 9.17) is 4.74 Å². The number of benzene rings is 1. The monoisotopic (exact) mass is 436 g/mol. The van der Waals surface area contributed by atoms with E-state index >= 15 is 0 Å². The zero-order chi connectivity index (χ0) is 21.7. The van der Waals surface area contributed by atoms with Gasteiger partial charge in [-0.25, -0.2) is 13.2 Å². The van der Waals surface area contributed by atoms with Crippen LogP contribution in [0.1, 0.15) is 67.8 Å². The minimum Gasteiger partial charge on any atom is -0.449 e. The fraction of sp³-hybridized carbons (Fsp3) is 0.636. The molecular formula is C22H32N2O5S. The van der Waals surface area contributed by atoms with Gasteiger partial charge in [-0.05, 0) is 57.2 Å². The summed E-state index contributed by atoms with van der Waals surface area (Å²) in [6.07, 6.45) is 5.95. The molecule has 0 N–H and O–H groups in total. The van der Waals surface area contributed by atoms with Crippen LogP contribution in [-0.2, 0) is 19.6 Å². The van der Waals surface area contributed by atoms with Crippen LogP contribution in [0.15, 0.2) is 23.1 Å². The van der Waals surface area contributed by atoms with E-state index in [1.165, 1.54) is 10.4 Å². The Morgan fingerprint density at radius 2 is 1.50 bits per heavy atom. The van der Waals surface area contributed by atoms with E-state index in [9.17, 15) is 18.0 Å². The Hall–Kier alpha value is -1.93. The molecule has 1 atom stereocenters. The Bertz CT molecular complexity index is 870. The lowest BCUT2D eigenvalue weighted by molar-refractivity contribution is -0.139. The first kappa shape index (κ1) is 22.7. The van der Waals surface area contributed by atoms with Gasteiger partial charge >= 0.3 is 5.97 Å². The van der Waals surface area contributed by atoms with E-state index in [1.54, 1.807) is 30.9 Å². The van der Waals surface area contributed by atoms with Gasteiger partial charge in [0.1, 0.15) is 0 Å². The van der Waals surface area contributed by atoms with Gasteiger partial charge in [-0.2, -0.15) is 4.31 Å². The largest absolute Gasteiger partial charge is 0.449 e. The second kappa shape index (κ2) is 9.92. The Morgan fingerprint density at radius 1 is 0.933 bits per heavy atom. The van der Waals surface area contributed by atoms with Gasteiger partial charge in [0.25, 0.3) is 5.91 Å². The molecule has 8 heteroatoms. The first-order valence-corrected chi connectivity index (χ1v) is 12.4. The summed E-state index contributed by atoms with van der Waals surface area (Å²) in [4.78, 5) is 27.2. The van der Waals surface area contributed by atoms with E-state index in [0.29, 0.717) is 31.7 Å². The molecule has 0 spiro atoms. The van der Waals surface area contributed by atoms with Crippen molar-refractivity contribution < 1.29 is 22.7 Å². The predicted octanol–water partition coefficient (Wildman–Crippen LogP) is 3.12. The van der Waals surface area contributed by atoms with Crippen LogP contribution in [-0.4, -0.2) is 61.8 Å². The highest BCUT2D eigenvalue weighted by Crippen LogP contribution is 2.25. The lowest BCUT2D eigenvalue weighted by Crippen LogP contribution is -2.40. The van der Waals surface area contributed by atoms with E-state index in [-0.39, 0.29) is 16.4 Å². The molecule has 2 saturated heterocycles. The number of rotatable bonds is 5. The highest BCUT2D eigenvalue weighted by Gasteiger charge is 2.29. The normalized spacial score (nSPS) is 19.7. The summed E-state index contributed by atoms with van der Waals surface area (Å²) < 4.78 is 33.0. The zero-order valence-electron chi connectivity index (χ0n) is 17.9. The fourth-order valence-corrected chi connectivity index (χ4v) is 5.84. The van der Waals surface area contributed by atoms with Crippen molar-refractivity contribution in [3.05, 3.63) is 29.3 Å². The summed E-state index contributed by atoms with van der Waals surface area (Å²) in [7, 11) is -3.66. The maximum absolute atomic E-state index is 13.1. The molecule has 0 aliphatic carbocycles. The predicted molar refractivity (Wildman–Crippen MR) is 114 cm³/mol. The van der Waals surface area contributed by atoms with Crippen molar-refractivity contribution >= 4 is 21.9 Å². The van der Waals surface area contributed by atoms with Crippen molar-refractivity contribution in [3.63, 3.8) is 0 Å². The second-order valence-electron chi connectivity index (χ2n) is 8.23. The number of ether oxygens (including phenoxy) is 1. The van der Waals surface area contributed by atoms with Crippen molar-refractivity contribution in [2.45, 2.75) is 69.8 Å². The summed E-state index contributed by atoms with van der Waals surface area (Å²) in [5.41, 5.74) is 0.734. The standard InChI is InChI=1S/C22H32N2O5S/c1-17-10-11-19(16-20(17)30(27,28)24-14-8-5-9-15-24)22(26)29-18(2)21(25)23-12-6-3-4-7-13-23/h10-11,16,18H,3-9,12-15H2,1-2H3. The minimum atomic E-state index is -3.66. The Balaban J connectivity index is 1.73. The topological polar surface area (TPSA) is 84.0 Å². The Morgan fingerprint density at radius 3 is 2.13 bits per heavy atom. The molecule has 7 nitrogen and oxygen atoms in total. The molecular weight excluding hydrogens is 404 g/mol. The van der Waals surface area contributed by atoms with Crippen LogP contribution < -0.4 is 0 Å². The lowest BCUT2D eigenvalue weighted by atomic mass is 10.1. The lowest BCUT2D eigenvalue weighted by Gasteiger charge is -2.27. The zero-order valence-corrected chi connectivity index (χ0v) is 18.7. The summed E-state index contributed by atoms with van der Waals surface area (Å²) in [6, 6.07) is 4.55. The van der Waals surface area contributed by atoms with Gasteiger partial charge in [0.05, 0.1) is 10.5 Å². The van der Waals surface area contributed by atoms with Gasteiger partial charge in [0.15, 0.2) is 6.10 Å². The van der Waals surface area contributed by atoms with Crippen LogP contribution in [0, 0.1) is 6.92 Å². The van der Waals surface area contributed by atoms with Gasteiger partial charge in [-0.3, -0.25) is 4.79 Å². The molecule has 2 aliphatic rings. The third kappa shape index (κ3) is 5.21. The minimum absolute atomic E-state index is 0.130. The van der Waals surface area contributed by atoms with Gasteiger partial charge in [-0.1, -0.05) is 25.3 Å². The van der Waals surface area contributed by atoms with Crippen molar-refractivity contribution in [3.8, 4) is 0 Å². The number of esters is 1. The number of amides is 1. The van der Waals surface area contributed by atoms with Gasteiger partial charge in [-0.15, -0.1) is 0 Å². The van der Waals surface area contributed by atoms with Crippen molar-refractivity contribution in [1.82, 2.24) is 9.21 Å². The van der Waals surface area contributed by atoms with E-state index in [0.717, 1.165) is 44.9 Å². The van der Waals surface area contributed by atoms with Crippen LogP contribution >= 0.6 is 0 Å². The van der Waals surface area contributed by atoms with Crippen molar-refractivity contribution in [2.24, 2.45) is 0 Å². The van der Waals surface area contributed by atoms with E-state index in [1.807, 2.05) is 0 Å². The number of sulfonamides is 1. The number of aryl methyl sites for hydroxylation is 1. The molecule has 1 unspecified atom stereocenters. The molecule has 0 saturated carbocycles. The highest BCUT2D eigenvalue weighted by molar-refractivity contribution is 7.89. The number of carbonyl (C=O) groups is 2. The van der Waals surface area contributed by atoms with Crippen LogP contribution in [0.25, 0.3) is 0 Å². The maximum Gasteiger partial charge on any atom is 0.338 e. The van der Waals surface area contributed by atoms with Crippen LogP contribution in [0.3, 0.4) is 0 Å². The molecule has 1 aromatic rings. The average molecular weight is 437 g/mol. The van der Waals surface area contributed by atoms with E-state index < -0.39 is 22.1 Å². The number of hydrogen-bond acceptors (Lipinski definition) is 5. The summed E-state index contributed by atoms with van der Waals surface area (Å²) in [5.74, 6) is -0.876. The smallest absolute Gasteiger partial charge is 0.338 e. The van der Waals surface area contributed by atoms with Crippen molar-refractivity contribution in [1.29, 1.82) is 0 Å². The number of hydrogen-bond donors (Lipinski definition) is 0. The molecule has 2 fully saturated rings. The summed E-state index contributed by atoms with van der Waals surface area (Å²) in [5, 5.41) is 0. The summed E-state index contributed by atoms with van der Waals surface area (Å²) >= 11 is 0. The number of piperidine rings is 1. The first-order chi connectivity index (χ1) is 14.3. The molecule has 1 amide bonds. The second-order valence-corrected chi connectivity index (χ2v) is 10.1. The van der Waals surface area contributed by atoms with Gasteiger partial charge < -0.3 is 9.64 Å². The Labute approximate surface area is 179 Å². The molecule has 0 radical (unpaired) electrons. The number of carbonyl (C=O) groups excluding carboxylic acids is 2. The molecule has 1 aromatic carbocycles. The first-order valence-electron chi connectivity index (χ1n) is 10.9. The highest BCUT2D eigenvalue weighted by atomic mass is 32.2. The molecule has 0 bridgehead atoms.